The minimum atomic E-state index is -1.42. The van der Waals surface area contributed by atoms with Crippen molar-refractivity contribution in [2.75, 3.05) is 13.1 Å². The second-order valence-corrected chi connectivity index (χ2v) is 9.26. The number of amides is 3. The van der Waals surface area contributed by atoms with E-state index in [2.05, 4.69) is 16.0 Å². The van der Waals surface area contributed by atoms with Crippen LogP contribution in [0.2, 0.25) is 0 Å². The number of carbonyl (C=O) groups is 5. The standard InChI is InChI=1S/C23H44N6O7/c1-14(2)13-18(22(34)28-17(23(35)36)9-10-19(30)31)29-21(33)16(8-4-6-12-25)27-20(32)15(26)7-3-5-11-24/h14-18H,3-13,24-26H2,1-2H3,(H,27,32)(H,28,34)(H,29,33)(H,30,31)(H,35,36). The van der Waals surface area contributed by atoms with Gasteiger partial charge in [-0.2, -0.15) is 0 Å². The van der Waals surface area contributed by atoms with Gasteiger partial charge in [0.05, 0.1) is 6.04 Å². The molecule has 0 bridgehead atoms. The summed E-state index contributed by atoms with van der Waals surface area (Å²) >= 11 is 0. The van der Waals surface area contributed by atoms with E-state index in [0.29, 0.717) is 38.8 Å². The molecule has 0 aliphatic carbocycles. The van der Waals surface area contributed by atoms with Crippen molar-refractivity contribution in [1.82, 2.24) is 16.0 Å². The van der Waals surface area contributed by atoms with Gasteiger partial charge in [-0.3, -0.25) is 19.2 Å². The van der Waals surface area contributed by atoms with Gasteiger partial charge >= 0.3 is 11.9 Å². The Hall–Kier alpha value is -2.77. The van der Waals surface area contributed by atoms with Crippen LogP contribution in [-0.2, 0) is 24.0 Å². The Morgan fingerprint density at radius 2 is 1.19 bits per heavy atom. The highest BCUT2D eigenvalue weighted by Crippen LogP contribution is 2.09. The van der Waals surface area contributed by atoms with Crippen molar-refractivity contribution in [3.63, 3.8) is 0 Å². The van der Waals surface area contributed by atoms with Gasteiger partial charge in [0.1, 0.15) is 18.1 Å². The smallest absolute Gasteiger partial charge is 0.326 e. The molecule has 0 saturated heterocycles. The highest BCUT2D eigenvalue weighted by atomic mass is 16.4. The summed E-state index contributed by atoms with van der Waals surface area (Å²) < 4.78 is 0. The van der Waals surface area contributed by atoms with E-state index in [4.69, 9.17) is 22.3 Å². The van der Waals surface area contributed by atoms with Crippen LogP contribution in [0.4, 0.5) is 0 Å². The molecule has 0 aromatic heterocycles. The zero-order valence-electron chi connectivity index (χ0n) is 21.3. The quantitative estimate of drug-likeness (QED) is 0.0919. The van der Waals surface area contributed by atoms with Crippen LogP contribution in [0.3, 0.4) is 0 Å². The van der Waals surface area contributed by atoms with Crippen LogP contribution in [0.5, 0.6) is 0 Å². The molecular formula is C23H44N6O7. The molecule has 0 aromatic rings. The van der Waals surface area contributed by atoms with Crippen LogP contribution in [0.15, 0.2) is 0 Å². The molecule has 13 nitrogen and oxygen atoms in total. The third kappa shape index (κ3) is 14.6. The Kier molecular flexibility index (Phi) is 17.1. The molecule has 0 aromatic carbocycles. The Labute approximate surface area is 212 Å². The van der Waals surface area contributed by atoms with Crippen molar-refractivity contribution in [1.29, 1.82) is 0 Å². The van der Waals surface area contributed by atoms with Crippen LogP contribution in [-0.4, -0.2) is 77.1 Å². The minimum absolute atomic E-state index is 0.0374. The molecule has 11 N–H and O–H groups in total. The van der Waals surface area contributed by atoms with E-state index in [1.54, 1.807) is 0 Å². The Morgan fingerprint density at radius 1 is 0.694 bits per heavy atom. The average Bonchev–Trinajstić information content (AvgIpc) is 2.79. The van der Waals surface area contributed by atoms with E-state index >= 15 is 0 Å². The lowest BCUT2D eigenvalue weighted by atomic mass is 10.0. The van der Waals surface area contributed by atoms with E-state index < -0.39 is 60.2 Å². The molecule has 208 valence electrons. The van der Waals surface area contributed by atoms with Crippen LogP contribution in [0, 0.1) is 5.92 Å². The van der Waals surface area contributed by atoms with Gasteiger partial charge in [-0.15, -0.1) is 0 Å². The average molecular weight is 517 g/mol. The fraction of sp³-hybridized carbons (Fsp3) is 0.783. The normalized spacial score (nSPS) is 14.4. The number of aliphatic carboxylic acids is 2. The van der Waals surface area contributed by atoms with E-state index in [1.807, 2.05) is 13.8 Å². The largest absolute Gasteiger partial charge is 0.481 e. The molecule has 4 unspecified atom stereocenters. The molecule has 0 aliphatic heterocycles. The molecule has 3 amide bonds. The van der Waals surface area contributed by atoms with Crippen LogP contribution in [0.25, 0.3) is 0 Å². The summed E-state index contributed by atoms with van der Waals surface area (Å²) in [4.78, 5) is 60.8. The van der Waals surface area contributed by atoms with E-state index in [9.17, 15) is 29.1 Å². The fourth-order valence-electron chi connectivity index (χ4n) is 3.45. The maximum atomic E-state index is 13.1. The van der Waals surface area contributed by atoms with Gasteiger partial charge in [-0.05, 0) is 64.0 Å². The van der Waals surface area contributed by atoms with E-state index in [-0.39, 0.29) is 25.2 Å². The molecule has 36 heavy (non-hydrogen) atoms. The van der Waals surface area contributed by atoms with Gasteiger partial charge in [0.15, 0.2) is 0 Å². The van der Waals surface area contributed by atoms with Crippen molar-refractivity contribution in [3.05, 3.63) is 0 Å². The molecule has 0 heterocycles. The predicted octanol–water partition coefficient (Wildman–Crippen LogP) is -0.978. The zero-order valence-corrected chi connectivity index (χ0v) is 21.3. The number of carboxylic acid groups (broad SMARTS) is 2. The lowest BCUT2D eigenvalue weighted by molar-refractivity contribution is -0.143. The molecule has 0 radical (unpaired) electrons. The first-order valence-corrected chi connectivity index (χ1v) is 12.4. The predicted molar refractivity (Wildman–Crippen MR) is 134 cm³/mol. The third-order valence-electron chi connectivity index (χ3n) is 5.49. The van der Waals surface area contributed by atoms with Gasteiger partial charge in [0.2, 0.25) is 17.7 Å². The van der Waals surface area contributed by atoms with Gasteiger partial charge in [0.25, 0.3) is 0 Å². The number of nitrogens with one attached hydrogen (secondary N) is 3. The minimum Gasteiger partial charge on any atom is -0.481 e. The number of rotatable bonds is 20. The summed E-state index contributed by atoms with van der Waals surface area (Å²) in [5.74, 6) is -4.46. The summed E-state index contributed by atoms with van der Waals surface area (Å²) in [6, 6.07) is -4.29. The lowest BCUT2D eigenvalue weighted by Gasteiger charge is -2.26. The number of nitrogens with two attached hydrogens (primary N) is 3. The first-order chi connectivity index (χ1) is 16.9. The van der Waals surface area contributed by atoms with Crippen LogP contribution >= 0.6 is 0 Å². The topological polar surface area (TPSA) is 240 Å². The summed E-state index contributed by atoms with van der Waals surface area (Å²) in [5, 5.41) is 25.8. The monoisotopic (exact) mass is 516 g/mol. The maximum absolute atomic E-state index is 13.1. The van der Waals surface area contributed by atoms with E-state index in [1.165, 1.54) is 0 Å². The van der Waals surface area contributed by atoms with Crippen molar-refractivity contribution in [3.8, 4) is 0 Å². The SMILES string of the molecule is CC(C)CC(NC(=O)C(CCCCN)NC(=O)C(N)CCCCN)C(=O)NC(CCC(=O)O)C(=O)O. The summed E-state index contributed by atoms with van der Waals surface area (Å²) in [6.07, 6.45) is 2.69. The van der Waals surface area contributed by atoms with Crippen LogP contribution < -0.4 is 33.2 Å². The highest BCUT2D eigenvalue weighted by molar-refractivity contribution is 5.94. The van der Waals surface area contributed by atoms with Crippen molar-refractivity contribution in [2.24, 2.45) is 23.1 Å². The van der Waals surface area contributed by atoms with Gasteiger partial charge in [0, 0.05) is 6.42 Å². The first kappa shape index (κ1) is 33.2. The number of hydrogen-bond acceptors (Lipinski definition) is 8. The van der Waals surface area contributed by atoms with Crippen LogP contribution in [0.1, 0.15) is 71.6 Å². The molecule has 0 spiro atoms. The van der Waals surface area contributed by atoms with Crippen molar-refractivity contribution in [2.45, 2.75) is 95.8 Å². The van der Waals surface area contributed by atoms with Crippen molar-refractivity contribution < 1.29 is 34.2 Å². The van der Waals surface area contributed by atoms with Gasteiger partial charge in [-0.1, -0.05) is 20.3 Å². The molecular weight excluding hydrogens is 472 g/mol. The molecule has 0 saturated carbocycles. The summed E-state index contributed by atoms with van der Waals surface area (Å²) in [6.45, 7) is 4.54. The Morgan fingerprint density at radius 3 is 1.69 bits per heavy atom. The van der Waals surface area contributed by atoms with E-state index in [0.717, 1.165) is 6.42 Å². The third-order valence-corrected chi connectivity index (χ3v) is 5.49. The first-order valence-electron chi connectivity index (χ1n) is 12.4. The second-order valence-electron chi connectivity index (χ2n) is 9.26. The number of carbonyl (C=O) groups excluding carboxylic acids is 3. The number of hydrogen-bond donors (Lipinski definition) is 8. The van der Waals surface area contributed by atoms with Gasteiger partial charge < -0.3 is 43.4 Å². The van der Waals surface area contributed by atoms with Gasteiger partial charge in [-0.25, -0.2) is 4.79 Å². The number of unbranched alkanes of at least 4 members (excludes halogenated alkanes) is 2. The Balaban J connectivity index is 5.45. The maximum Gasteiger partial charge on any atom is 0.326 e. The summed E-state index contributed by atoms with van der Waals surface area (Å²) in [7, 11) is 0. The molecule has 0 fully saturated rings. The molecule has 4 atom stereocenters. The highest BCUT2D eigenvalue weighted by Gasteiger charge is 2.30. The zero-order chi connectivity index (χ0) is 27.7. The summed E-state index contributed by atoms with van der Waals surface area (Å²) in [5.41, 5.74) is 17.0. The second kappa shape index (κ2) is 18.5. The number of carboxylic acids is 2. The van der Waals surface area contributed by atoms with Crippen molar-refractivity contribution >= 4 is 29.7 Å². The molecule has 0 rings (SSSR count). The lowest BCUT2D eigenvalue weighted by Crippen LogP contribution is -2.57. The molecule has 0 aliphatic rings. The fourth-order valence-corrected chi connectivity index (χ4v) is 3.45. The Bertz CT molecular complexity index is 719. The molecule has 13 heteroatoms.